The summed E-state index contributed by atoms with van der Waals surface area (Å²) in [6.07, 6.45) is 0. The molecule has 0 fully saturated rings. The van der Waals surface area contributed by atoms with E-state index in [9.17, 15) is 9.59 Å². The molecule has 0 radical (unpaired) electrons. The van der Waals surface area contributed by atoms with E-state index >= 15 is 4.39 Å². The number of ether oxygens (including phenoxy) is 1. The van der Waals surface area contributed by atoms with Gasteiger partial charge in [0.2, 0.25) is 11.8 Å². The van der Waals surface area contributed by atoms with E-state index in [0.717, 1.165) is 5.56 Å². The molecule has 1 aromatic heterocycles. The summed E-state index contributed by atoms with van der Waals surface area (Å²) >= 11 is 0. The van der Waals surface area contributed by atoms with E-state index < -0.39 is 23.7 Å². The Morgan fingerprint density at radius 3 is 2.38 bits per heavy atom. The predicted molar refractivity (Wildman–Crippen MR) is 150 cm³/mol. The number of nitrogens with one attached hydrogen (secondary N) is 1. The first-order valence-corrected chi connectivity index (χ1v) is 12.9. The van der Waals surface area contributed by atoms with Crippen molar-refractivity contribution in [1.82, 2.24) is 20.3 Å². The molecule has 9 heteroatoms. The lowest BCUT2D eigenvalue weighted by atomic mass is 10.0. The van der Waals surface area contributed by atoms with Crippen molar-refractivity contribution >= 4 is 28.5 Å². The predicted octanol–water partition coefficient (Wildman–Crippen LogP) is 5.06. The molecule has 0 spiro atoms. The molecule has 1 N–H and O–H groups in total. The number of hydrogen-bond donors (Lipinski definition) is 1. The Balaban J connectivity index is 1.56. The number of para-hydroxylation sites is 1. The van der Waals surface area contributed by atoms with Gasteiger partial charge < -0.3 is 10.1 Å². The number of anilines is 1. The average molecular weight is 538 g/mol. The molecule has 8 nitrogen and oxygen atoms in total. The zero-order chi connectivity index (χ0) is 27.9. The van der Waals surface area contributed by atoms with Crippen LogP contribution in [0.5, 0.6) is 5.75 Å². The first-order valence-electron chi connectivity index (χ1n) is 12.9. The topological polar surface area (TPSA) is 89.3 Å². The number of nitrogens with zero attached hydrogens (tertiary/aromatic N) is 4. The first-order chi connectivity index (χ1) is 19.5. The van der Waals surface area contributed by atoms with Gasteiger partial charge in [0, 0.05) is 17.8 Å². The molecule has 1 heterocycles. The summed E-state index contributed by atoms with van der Waals surface area (Å²) in [6, 6.07) is 28.1. The van der Waals surface area contributed by atoms with Gasteiger partial charge in [-0.05, 0) is 55.0 Å². The third-order valence-corrected chi connectivity index (χ3v) is 6.42. The highest BCUT2D eigenvalue weighted by atomic mass is 19.1. The fourth-order valence-corrected chi connectivity index (χ4v) is 4.52. The Morgan fingerprint density at radius 1 is 0.925 bits per heavy atom. The number of rotatable bonds is 10. The summed E-state index contributed by atoms with van der Waals surface area (Å²) in [4.78, 5) is 29.2. The number of benzene rings is 4. The lowest BCUT2D eigenvalue weighted by molar-refractivity contribution is -0.127. The van der Waals surface area contributed by atoms with E-state index in [2.05, 4.69) is 15.6 Å². The van der Waals surface area contributed by atoms with Crippen molar-refractivity contribution in [2.45, 2.75) is 26.1 Å². The Labute approximate surface area is 231 Å². The van der Waals surface area contributed by atoms with Crippen molar-refractivity contribution in [3.8, 4) is 5.75 Å². The quantitative estimate of drug-likeness (QED) is 0.269. The molecule has 1 atom stereocenters. The van der Waals surface area contributed by atoms with Crippen LogP contribution in [0.1, 0.15) is 24.1 Å². The van der Waals surface area contributed by atoms with Gasteiger partial charge in [0.15, 0.2) is 0 Å². The molecule has 5 aromatic rings. The van der Waals surface area contributed by atoms with Crippen molar-refractivity contribution in [2.75, 3.05) is 11.5 Å². The van der Waals surface area contributed by atoms with Gasteiger partial charge in [-0.25, -0.2) is 9.07 Å². The Morgan fingerprint density at radius 2 is 1.62 bits per heavy atom. The fraction of sp³-hybridized carbons (Fsp3) is 0.161. The van der Waals surface area contributed by atoms with E-state index in [-0.39, 0.29) is 18.7 Å². The molecular weight excluding hydrogens is 509 g/mol. The van der Waals surface area contributed by atoms with Crippen LogP contribution in [0.15, 0.2) is 103 Å². The van der Waals surface area contributed by atoms with Crippen molar-refractivity contribution in [3.05, 3.63) is 120 Å². The molecule has 4 aromatic carbocycles. The Hall–Kier alpha value is -5.05. The molecule has 202 valence electrons. The highest BCUT2D eigenvalue weighted by Crippen LogP contribution is 2.31. The van der Waals surface area contributed by atoms with Gasteiger partial charge in [0.1, 0.15) is 29.7 Å². The van der Waals surface area contributed by atoms with E-state index in [1.807, 2.05) is 55.5 Å². The van der Waals surface area contributed by atoms with Gasteiger partial charge in [0.05, 0.1) is 12.1 Å². The lowest BCUT2D eigenvalue weighted by Crippen LogP contribution is -2.45. The molecule has 40 heavy (non-hydrogen) atoms. The third kappa shape index (κ3) is 5.83. The third-order valence-electron chi connectivity index (χ3n) is 6.42. The number of hydrogen-bond acceptors (Lipinski definition) is 5. The monoisotopic (exact) mass is 537 g/mol. The molecule has 0 saturated heterocycles. The standard InChI is InChI=1S/C31H28FN5O3/c1-2-40-24-18-16-23(17-19-24)37(29(38)21-36-28-15-9-8-14-27(28)34-35-36)30(25-12-6-7-13-26(25)32)31(39)33-20-22-10-4-3-5-11-22/h3-19,30H,2,20-21H2,1H3,(H,33,39)/t30-/m0/s1. The van der Waals surface area contributed by atoms with Gasteiger partial charge in [-0.1, -0.05) is 65.9 Å². The number of halogens is 1. The summed E-state index contributed by atoms with van der Waals surface area (Å²) in [6.45, 7) is 2.34. The summed E-state index contributed by atoms with van der Waals surface area (Å²) in [7, 11) is 0. The van der Waals surface area contributed by atoms with Crippen LogP contribution in [0, 0.1) is 5.82 Å². The van der Waals surface area contributed by atoms with Crippen LogP contribution in [0.3, 0.4) is 0 Å². The van der Waals surface area contributed by atoms with Crippen LogP contribution in [-0.2, 0) is 22.7 Å². The van der Waals surface area contributed by atoms with Crippen LogP contribution >= 0.6 is 0 Å². The highest BCUT2D eigenvalue weighted by molar-refractivity contribution is 6.01. The number of carbonyl (C=O) groups excluding carboxylic acids is 2. The molecule has 0 aliphatic carbocycles. The van der Waals surface area contributed by atoms with Gasteiger partial charge in [0.25, 0.3) is 0 Å². The first kappa shape index (κ1) is 26.6. The second-order valence-corrected chi connectivity index (χ2v) is 9.05. The molecule has 0 bridgehead atoms. The molecule has 0 saturated carbocycles. The minimum absolute atomic E-state index is 0.0683. The van der Waals surface area contributed by atoms with E-state index in [0.29, 0.717) is 29.1 Å². The average Bonchev–Trinajstić information content (AvgIpc) is 3.39. The zero-order valence-electron chi connectivity index (χ0n) is 21.9. The smallest absolute Gasteiger partial charge is 0.249 e. The van der Waals surface area contributed by atoms with Crippen molar-refractivity contribution in [2.24, 2.45) is 0 Å². The minimum Gasteiger partial charge on any atom is -0.494 e. The second kappa shape index (κ2) is 12.2. The van der Waals surface area contributed by atoms with Crippen LogP contribution < -0.4 is 15.0 Å². The van der Waals surface area contributed by atoms with Crippen LogP contribution in [0.2, 0.25) is 0 Å². The minimum atomic E-state index is -1.30. The highest BCUT2D eigenvalue weighted by Gasteiger charge is 2.35. The summed E-state index contributed by atoms with van der Waals surface area (Å²) < 4.78 is 22.3. The largest absolute Gasteiger partial charge is 0.494 e. The van der Waals surface area contributed by atoms with E-state index in [1.54, 1.807) is 42.5 Å². The van der Waals surface area contributed by atoms with Crippen LogP contribution in [0.4, 0.5) is 10.1 Å². The van der Waals surface area contributed by atoms with Gasteiger partial charge in [-0.2, -0.15) is 0 Å². The maximum Gasteiger partial charge on any atom is 0.249 e. The molecular formula is C31H28FN5O3. The van der Waals surface area contributed by atoms with Gasteiger partial charge in [-0.15, -0.1) is 5.10 Å². The zero-order valence-corrected chi connectivity index (χ0v) is 21.9. The molecule has 0 aliphatic rings. The van der Waals surface area contributed by atoms with E-state index in [1.165, 1.54) is 21.7 Å². The van der Waals surface area contributed by atoms with Gasteiger partial charge >= 0.3 is 0 Å². The van der Waals surface area contributed by atoms with Crippen LogP contribution in [-0.4, -0.2) is 33.4 Å². The second-order valence-electron chi connectivity index (χ2n) is 9.05. The number of fused-ring (bicyclic) bond motifs is 1. The Bertz CT molecular complexity index is 1600. The van der Waals surface area contributed by atoms with E-state index in [4.69, 9.17) is 4.74 Å². The van der Waals surface area contributed by atoms with Crippen LogP contribution in [0.25, 0.3) is 11.0 Å². The summed E-state index contributed by atoms with van der Waals surface area (Å²) in [5.74, 6) is -0.989. The SMILES string of the molecule is CCOc1ccc(N(C(=O)Cn2nnc3ccccc32)[C@H](C(=O)NCc2ccccc2)c2ccccc2F)cc1. The van der Waals surface area contributed by atoms with Gasteiger partial charge in [-0.3, -0.25) is 14.5 Å². The lowest BCUT2D eigenvalue weighted by Gasteiger charge is -2.32. The maximum atomic E-state index is 15.3. The molecule has 0 unspecified atom stereocenters. The normalized spacial score (nSPS) is 11.7. The molecule has 0 aliphatic heterocycles. The summed E-state index contributed by atoms with van der Waals surface area (Å²) in [5.41, 5.74) is 2.64. The van der Waals surface area contributed by atoms with Crippen molar-refractivity contribution < 1.29 is 18.7 Å². The molecule has 5 rings (SSSR count). The molecule has 2 amide bonds. The number of carbonyl (C=O) groups is 2. The fourth-order valence-electron chi connectivity index (χ4n) is 4.52. The number of aromatic nitrogens is 3. The van der Waals surface area contributed by atoms with Crippen molar-refractivity contribution in [1.29, 1.82) is 0 Å². The maximum absolute atomic E-state index is 15.3. The van der Waals surface area contributed by atoms with Crippen molar-refractivity contribution in [3.63, 3.8) is 0 Å². The number of amides is 2. The Kier molecular flexibility index (Phi) is 8.10. The summed E-state index contributed by atoms with van der Waals surface area (Å²) in [5, 5.41) is 11.2.